The molecule has 11 heteroatoms. The van der Waals surface area contributed by atoms with Crippen LogP contribution in [0.2, 0.25) is 0 Å². The first kappa shape index (κ1) is 28.6. The second-order valence-corrected chi connectivity index (χ2v) is 13.5. The van der Waals surface area contributed by atoms with Crippen LogP contribution in [0.5, 0.6) is 23.0 Å². The highest BCUT2D eigenvalue weighted by Crippen LogP contribution is 2.61. The standard InChI is InChI=1S/C27H42N4O6S/c1-11(2)18-20(31(36)26(35)28-18)13(5)10-30-29-19(12(3)4)25(38-30)27(8,9)37-24-22(33)17-15(7)14(6)16(17)21(32)23(24)34/h11-15,18-20,25,29,36H,10H2,1-9H3,(H2,28,33,34,35)/p+1. The molecule has 5 N–H and O–H groups in total. The number of hydroxylamine groups is 2. The Hall–Kier alpha value is -2.40. The lowest BCUT2D eigenvalue weighted by atomic mass is 9.68. The van der Waals surface area contributed by atoms with Gasteiger partial charge in [-0.2, -0.15) is 0 Å². The van der Waals surface area contributed by atoms with Crippen molar-refractivity contribution in [2.45, 2.75) is 103 Å². The number of amidine groups is 1. The number of phenolic OH excluding ortho intramolecular Hbond substituents is 3. The van der Waals surface area contributed by atoms with Gasteiger partial charge in [0.2, 0.25) is 11.5 Å². The fourth-order valence-corrected chi connectivity index (χ4v) is 7.57. The number of fused-ring (bicyclic) bond motifs is 1. The van der Waals surface area contributed by atoms with Crippen LogP contribution in [0.25, 0.3) is 0 Å². The molecule has 0 amide bonds. The van der Waals surface area contributed by atoms with Gasteiger partial charge in [-0.1, -0.05) is 52.6 Å². The Morgan fingerprint density at radius 1 is 0.921 bits per heavy atom. The van der Waals surface area contributed by atoms with E-state index in [4.69, 9.17) is 9.85 Å². The van der Waals surface area contributed by atoms with Crippen molar-refractivity contribution in [1.82, 2.24) is 5.06 Å². The average molecular weight is 552 g/mol. The molecule has 7 atom stereocenters. The summed E-state index contributed by atoms with van der Waals surface area (Å²) in [6.07, 6.45) is 0. The molecule has 7 unspecified atom stereocenters. The number of aliphatic hydroxyl groups excluding tert-OH is 1. The van der Waals surface area contributed by atoms with E-state index in [1.54, 1.807) is 0 Å². The molecule has 10 nitrogen and oxygen atoms in total. The van der Waals surface area contributed by atoms with E-state index >= 15 is 0 Å². The minimum absolute atomic E-state index is 0.0336. The monoisotopic (exact) mass is 551 g/mol. The molecule has 0 bridgehead atoms. The number of hydrogen-bond donors (Lipinski definition) is 5. The van der Waals surface area contributed by atoms with Crippen LogP contribution >= 0.6 is 11.9 Å². The topological polar surface area (TPSA) is 141 Å². The Morgan fingerprint density at radius 2 is 1.47 bits per heavy atom. The molecule has 1 aliphatic carbocycles. The number of phenols is 3. The van der Waals surface area contributed by atoms with Crippen LogP contribution in [0.15, 0.2) is 10.1 Å². The SMILES string of the molecule is CC(C)C1N=C(O)N(O)C1C(C)C[N+]1=NC(C(C)C)C(C(C)(C)Oc2c(O)c(O)c3c(c2O)C(C)C3C)S1. The number of aliphatic imine (C=N–C) groups is 1. The van der Waals surface area contributed by atoms with E-state index in [9.17, 15) is 25.6 Å². The molecule has 3 aliphatic rings. The van der Waals surface area contributed by atoms with Crippen LogP contribution in [0, 0.1) is 17.8 Å². The van der Waals surface area contributed by atoms with Crippen LogP contribution in [0.3, 0.4) is 0 Å². The largest absolute Gasteiger partial charge is 0.504 e. The summed E-state index contributed by atoms with van der Waals surface area (Å²) in [5.74, 6) is -0.580. The van der Waals surface area contributed by atoms with Gasteiger partial charge in [-0.15, -0.1) is 0 Å². The third-order valence-electron chi connectivity index (χ3n) is 8.47. The van der Waals surface area contributed by atoms with E-state index in [-0.39, 0.29) is 76.2 Å². The van der Waals surface area contributed by atoms with Crippen LogP contribution in [-0.4, -0.2) is 76.3 Å². The molecule has 38 heavy (non-hydrogen) atoms. The van der Waals surface area contributed by atoms with Crippen LogP contribution in [0.1, 0.15) is 85.3 Å². The Bertz CT molecular complexity index is 1150. The van der Waals surface area contributed by atoms with Crippen molar-refractivity contribution < 1.29 is 34.5 Å². The Morgan fingerprint density at radius 3 is 2.03 bits per heavy atom. The summed E-state index contributed by atoms with van der Waals surface area (Å²) in [4.78, 5) is 4.25. The Kier molecular flexibility index (Phi) is 7.50. The van der Waals surface area contributed by atoms with Crippen molar-refractivity contribution in [3.05, 3.63) is 11.1 Å². The smallest absolute Gasteiger partial charge is 0.310 e. The summed E-state index contributed by atoms with van der Waals surface area (Å²) in [6, 6.07) is -1.09. The predicted octanol–water partition coefficient (Wildman–Crippen LogP) is 5.35. The lowest BCUT2D eigenvalue weighted by Gasteiger charge is -2.39. The third-order valence-corrected chi connectivity index (χ3v) is 10.0. The van der Waals surface area contributed by atoms with E-state index < -0.39 is 11.4 Å². The van der Waals surface area contributed by atoms with E-state index in [0.717, 1.165) is 5.06 Å². The summed E-state index contributed by atoms with van der Waals surface area (Å²) in [7, 11) is 0. The highest BCUT2D eigenvalue weighted by molar-refractivity contribution is 7.94. The van der Waals surface area contributed by atoms with Gasteiger partial charge in [-0.25, -0.2) is 10.1 Å². The van der Waals surface area contributed by atoms with Gasteiger partial charge in [0.1, 0.15) is 16.9 Å². The summed E-state index contributed by atoms with van der Waals surface area (Å²) < 4.78 is 8.25. The average Bonchev–Trinajstić information content (AvgIpc) is 3.40. The van der Waals surface area contributed by atoms with Crippen LogP contribution in [-0.2, 0) is 0 Å². The number of hydrogen-bond acceptors (Lipinski definition) is 9. The molecule has 0 saturated carbocycles. The van der Waals surface area contributed by atoms with Crippen molar-refractivity contribution in [3.63, 3.8) is 0 Å². The molecule has 0 fully saturated rings. The highest BCUT2D eigenvalue weighted by Gasteiger charge is 2.53. The summed E-state index contributed by atoms with van der Waals surface area (Å²) in [5, 5.41) is 58.6. The molecule has 212 valence electrons. The maximum atomic E-state index is 11.0. The first-order valence-electron chi connectivity index (χ1n) is 13.5. The van der Waals surface area contributed by atoms with E-state index in [2.05, 4.69) is 18.8 Å². The first-order chi connectivity index (χ1) is 17.6. The van der Waals surface area contributed by atoms with Gasteiger partial charge in [-0.3, -0.25) is 5.21 Å². The second kappa shape index (κ2) is 9.97. The Balaban J connectivity index is 1.56. The minimum Gasteiger partial charge on any atom is -0.504 e. The fraction of sp³-hybridized carbons (Fsp3) is 0.741. The van der Waals surface area contributed by atoms with Gasteiger partial charge in [-0.05, 0) is 42.6 Å². The molecule has 1 aromatic rings. The maximum Gasteiger partial charge on any atom is 0.310 e. The first-order valence-corrected chi connectivity index (χ1v) is 14.3. The zero-order chi connectivity index (χ0) is 28.4. The number of aromatic hydroxyl groups is 3. The number of aliphatic hydroxyl groups is 1. The predicted molar refractivity (Wildman–Crippen MR) is 146 cm³/mol. The summed E-state index contributed by atoms with van der Waals surface area (Å²) >= 11 is 1.53. The van der Waals surface area contributed by atoms with Gasteiger partial charge in [0, 0.05) is 17.0 Å². The number of ether oxygens (including phenoxy) is 1. The molecule has 1 aromatic carbocycles. The zero-order valence-electron chi connectivity index (χ0n) is 23.7. The molecule has 0 aromatic heterocycles. The number of rotatable bonds is 8. The second-order valence-electron chi connectivity index (χ2n) is 12.4. The lowest BCUT2D eigenvalue weighted by Crippen LogP contribution is -2.47. The van der Waals surface area contributed by atoms with E-state index in [1.165, 1.54) is 11.9 Å². The normalized spacial score (nSPS) is 29.8. The quantitative estimate of drug-likeness (QED) is 0.126. The maximum absolute atomic E-state index is 11.0. The number of benzene rings is 1. The number of azo groups is 1. The molecule has 0 radical (unpaired) electrons. The van der Waals surface area contributed by atoms with E-state index in [1.807, 2.05) is 52.6 Å². The molecule has 2 aliphatic heterocycles. The molecule has 4 rings (SSSR count). The summed E-state index contributed by atoms with van der Waals surface area (Å²) in [5.41, 5.74) is 0.310. The van der Waals surface area contributed by atoms with Crippen LogP contribution in [0.4, 0.5) is 0 Å². The van der Waals surface area contributed by atoms with Crippen molar-refractivity contribution in [3.8, 4) is 23.0 Å². The van der Waals surface area contributed by atoms with Gasteiger partial charge >= 0.3 is 6.02 Å². The highest BCUT2D eigenvalue weighted by atomic mass is 32.2. The van der Waals surface area contributed by atoms with Crippen molar-refractivity contribution >= 4 is 18.0 Å². The number of nitrogens with zero attached hydrogens (tertiary/aromatic N) is 4. The minimum atomic E-state index is -0.881. The van der Waals surface area contributed by atoms with Gasteiger partial charge in [0.15, 0.2) is 30.0 Å². The Labute approximate surface area is 229 Å². The van der Waals surface area contributed by atoms with Gasteiger partial charge in [0.05, 0.1) is 12.1 Å². The molecule has 0 saturated heterocycles. The van der Waals surface area contributed by atoms with Crippen LogP contribution < -0.4 is 4.74 Å². The molecular formula is C27H43N4O6S+. The van der Waals surface area contributed by atoms with Crippen molar-refractivity contribution in [2.24, 2.45) is 27.9 Å². The van der Waals surface area contributed by atoms with Crippen molar-refractivity contribution in [1.29, 1.82) is 0 Å². The zero-order valence-corrected chi connectivity index (χ0v) is 24.6. The third kappa shape index (κ3) is 4.55. The fourth-order valence-electron chi connectivity index (χ4n) is 6.03. The lowest BCUT2D eigenvalue weighted by molar-refractivity contribution is -0.435. The van der Waals surface area contributed by atoms with Gasteiger partial charge in [0.25, 0.3) is 0 Å². The molecule has 0 spiro atoms. The summed E-state index contributed by atoms with van der Waals surface area (Å²) in [6.45, 7) is 18.5. The molecule has 2 heterocycles. The van der Waals surface area contributed by atoms with Gasteiger partial charge < -0.3 is 25.2 Å². The van der Waals surface area contributed by atoms with Crippen molar-refractivity contribution in [2.75, 3.05) is 6.54 Å². The molecular weight excluding hydrogens is 508 g/mol. The van der Waals surface area contributed by atoms with E-state index in [0.29, 0.717) is 17.7 Å².